The lowest BCUT2D eigenvalue weighted by molar-refractivity contribution is -0.120. The first-order valence-electron chi connectivity index (χ1n) is 7.65. The van der Waals surface area contributed by atoms with E-state index < -0.39 is 0 Å². The maximum absolute atomic E-state index is 13.1. The van der Waals surface area contributed by atoms with Crippen molar-refractivity contribution in [3.8, 4) is 0 Å². The van der Waals surface area contributed by atoms with Crippen LogP contribution in [0, 0.1) is 5.82 Å². The SMILES string of the molecule is Cn1c(CCNC(=O)Cc2cccc(F)c2)nc2cc(Cl)ccc21. The Kier molecular flexibility index (Phi) is 4.81. The zero-order valence-corrected chi connectivity index (χ0v) is 14.0. The molecule has 0 aliphatic rings. The smallest absolute Gasteiger partial charge is 0.224 e. The number of fused-ring (bicyclic) bond motifs is 1. The molecule has 0 spiro atoms. The minimum Gasteiger partial charge on any atom is -0.355 e. The van der Waals surface area contributed by atoms with Crippen LogP contribution in [0.2, 0.25) is 5.02 Å². The van der Waals surface area contributed by atoms with Crippen molar-refractivity contribution in [2.45, 2.75) is 12.8 Å². The highest BCUT2D eigenvalue weighted by atomic mass is 35.5. The van der Waals surface area contributed by atoms with Crippen molar-refractivity contribution in [3.05, 3.63) is 64.7 Å². The summed E-state index contributed by atoms with van der Waals surface area (Å²) >= 11 is 5.98. The van der Waals surface area contributed by atoms with Crippen LogP contribution >= 0.6 is 11.6 Å². The highest BCUT2D eigenvalue weighted by Crippen LogP contribution is 2.19. The fourth-order valence-electron chi connectivity index (χ4n) is 2.65. The summed E-state index contributed by atoms with van der Waals surface area (Å²) in [6, 6.07) is 11.6. The summed E-state index contributed by atoms with van der Waals surface area (Å²) in [5.41, 5.74) is 2.50. The lowest BCUT2D eigenvalue weighted by Gasteiger charge is -2.06. The maximum Gasteiger partial charge on any atom is 0.224 e. The molecule has 1 amide bonds. The van der Waals surface area contributed by atoms with E-state index in [1.165, 1.54) is 12.1 Å². The topological polar surface area (TPSA) is 46.9 Å². The van der Waals surface area contributed by atoms with Gasteiger partial charge in [-0.15, -0.1) is 0 Å². The van der Waals surface area contributed by atoms with E-state index in [-0.39, 0.29) is 18.1 Å². The molecule has 0 saturated carbocycles. The molecule has 1 heterocycles. The molecule has 3 rings (SSSR count). The molecule has 1 aromatic heterocycles. The van der Waals surface area contributed by atoms with Crippen LogP contribution in [0.15, 0.2) is 42.5 Å². The molecule has 6 heteroatoms. The highest BCUT2D eigenvalue weighted by Gasteiger charge is 2.09. The zero-order chi connectivity index (χ0) is 17.1. The van der Waals surface area contributed by atoms with Crippen molar-refractivity contribution < 1.29 is 9.18 Å². The molecule has 24 heavy (non-hydrogen) atoms. The van der Waals surface area contributed by atoms with Crippen molar-refractivity contribution in [2.24, 2.45) is 7.05 Å². The largest absolute Gasteiger partial charge is 0.355 e. The van der Waals surface area contributed by atoms with E-state index in [1.807, 2.05) is 29.8 Å². The molecule has 0 saturated heterocycles. The van der Waals surface area contributed by atoms with E-state index in [0.717, 1.165) is 16.9 Å². The predicted octanol–water partition coefficient (Wildman–Crippen LogP) is 3.27. The van der Waals surface area contributed by atoms with Gasteiger partial charge in [0, 0.05) is 25.0 Å². The molecule has 0 atom stereocenters. The van der Waals surface area contributed by atoms with Gasteiger partial charge in [-0.25, -0.2) is 9.37 Å². The Morgan fingerprint density at radius 2 is 2.12 bits per heavy atom. The molecule has 0 bridgehead atoms. The van der Waals surface area contributed by atoms with Crippen LogP contribution in [0.4, 0.5) is 4.39 Å². The van der Waals surface area contributed by atoms with E-state index >= 15 is 0 Å². The maximum atomic E-state index is 13.1. The van der Waals surface area contributed by atoms with Crippen molar-refractivity contribution in [1.29, 1.82) is 0 Å². The van der Waals surface area contributed by atoms with Gasteiger partial charge in [0.05, 0.1) is 17.5 Å². The van der Waals surface area contributed by atoms with E-state index in [1.54, 1.807) is 12.1 Å². The second kappa shape index (κ2) is 7.01. The third-order valence-corrected chi connectivity index (χ3v) is 4.10. The summed E-state index contributed by atoms with van der Waals surface area (Å²) in [7, 11) is 1.94. The number of aryl methyl sites for hydroxylation is 1. The molecule has 0 aliphatic heterocycles. The molecule has 2 aromatic carbocycles. The number of carbonyl (C=O) groups excluding carboxylic acids is 1. The summed E-state index contributed by atoms with van der Waals surface area (Å²) < 4.78 is 15.1. The number of hydrogen-bond acceptors (Lipinski definition) is 2. The van der Waals surface area contributed by atoms with Gasteiger partial charge in [0.25, 0.3) is 0 Å². The molecule has 124 valence electrons. The molecule has 0 fully saturated rings. The minimum atomic E-state index is -0.335. The first-order valence-corrected chi connectivity index (χ1v) is 8.03. The molecule has 0 unspecified atom stereocenters. The second-order valence-electron chi connectivity index (χ2n) is 5.63. The number of rotatable bonds is 5. The fraction of sp³-hybridized carbons (Fsp3) is 0.222. The van der Waals surface area contributed by atoms with Crippen LogP contribution in [0.25, 0.3) is 11.0 Å². The van der Waals surface area contributed by atoms with Gasteiger partial charge in [0.1, 0.15) is 11.6 Å². The fourth-order valence-corrected chi connectivity index (χ4v) is 2.82. The molecule has 1 N–H and O–H groups in total. The number of aromatic nitrogens is 2. The lowest BCUT2D eigenvalue weighted by atomic mass is 10.1. The number of nitrogens with zero attached hydrogens (tertiary/aromatic N) is 2. The van der Waals surface area contributed by atoms with Crippen molar-refractivity contribution >= 4 is 28.5 Å². The summed E-state index contributed by atoms with van der Waals surface area (Å²) in [6.45, 7) is 0.471. The van der Waals surface area contributed by atoms with Crippen molar-refractivity contribution in [1.82, 2.24) is 14.9 Å². The Balaban J connectivity index is 1.58. The lowest BCUT2D eigenvalue weighted by Crippen LogP contribution is -2.27. The first kappa shape index (κ1) is 16.5. The van der Waals surface area contributed by atoms with E-state index in [9.17, 15) is 9.18 Å². The molecule has 3 aromatic rings. The number of halogens is 2. The Morgan fingerprint density at radius 3 is 2.92 bits per heavy atom. The quantitative estimate of drug-likeness (QED) is 0.771. The Labute approximate surface area is 144 Å². The Bertz CT molecular complexity index is 891. The molecular formula is C18H17ClFN3O. The van der Waals surface area contributed by atoms with Gasteiger partial charge in [-0.1, -0.05) is 23.7 Å². The average Bonchev–Trinajstić information content (AvgIpc) is 2.83. The number of nitrogens with one attached hydrogen (secondary N) is 1. The number of carbonyl (C=O) groups is 1. The van der Waals surface area contributed by atoms with Crippen LogP contribution < -0.4 is 5.32 Å². The average molecular weight is 346 g/mol. The third kappa shape index (κ3) is 3.74. The molecule has 0 radical (unpaired) electrons. The third-order valence-electron chi connectivity index (χ3n) is 3.86. The van der Waals surface area contributed by atoms with Crippen LogP contribution in [0.1, 0.15) is 11.4 Å². The van der Waals surface area contributed by atoms with Gasteiger partial charge in [-0.3, -0.25) is 4.79 Å². The van der Waals surface area contributed by atoms with Crippen LogP contribution in [0.3, 0.4) is 0 Å². The number of hydrogen-bond donors (Lipinski definition) is 1. The number of imidazole rings is 1. The normalized spacial score (nSPS) is 11.0. The molecular weight excluding hydrogens is 329 g/mol. The predicted molar refractivity (Wildman–Crippen MR) is 92.5 cm³/mol. The molecule has 4 nitrogen and oxygen atoms in total. The zero-order valence-electron chi connectivity index (χ0n) is 13.2. The van der Waals surface area contributed by atoms with Crippen LogP contribution in [0.5, 0.6) is 0 Å². The van der Waals surface area contributed by atoms with Crippen molar-refractivity contribution in [2.75, 3.05) is 6.54 Å². The Hall–Kier alpha value is -2.40. The number of benzene rings is 2. The van der Waals surface area contributed by atoms with E-state index in [2.05, 4.69) is 10.3 Å². The van der Waals surface area contributed by atoms with Crippen molar-refractivity contribution in [3.63, 3.8) is 0 Å². The van der Waals surface area contributed by atoms with Gasteiger partial charge in [0.15, 0.2) is 0 Å². The van der Waals surface area contributed by atoms with E-state index in [4.69, 9.17) is 11.6 Å². The Morgan fingerprint density at radius 1 is 1.29 bits per heavy atom. The summed E-state index contributed by atoms with van der Waals surface area (Å²) in [5.74, 6) is 0.402. The van der Waals surface area contributed by atoms with Gasteiger partial charge < -0.3 is 9.88 Å². The van der Waals surface area contributed by atoms with Gasteiger partial charge in [-0.2, -0.15) is 0 Å². The summed E-state index contributed by atoms with van der Waals surface area (Å²) in [4.78, 5) is 16.5. The monoisotopic (exact) mass is 345 g/mol. The van der Waals surface area contributed by atoms with Gasteiger partial charge in [0.2, 0.25) is 5.91 Å². The van der Waals surface area contributed by atoms with E-state index in [0.29, 0.717) is 23.6 Å². The highest BCUT2D eigenvalue weighted by molar-refractivity contribution is 6.31. The van der Waals surface area contributed by atoms with Crippen LogP contribution in [-0.2, 0) is 24.7 Å². The van der Waals surface area contributed by atoms with Gasteiger partial charge in [-0.05, 0) is 35.9 Å². The summed E-state index contributed by atoms with van der Waals surface area (Å²) in [5, 5.41) is 3.49. The van der Waals surface area contributed by atoms with Gasteiger partial charge >= 0.3 is 0 Å². The number of amides is 1. The standard InChI is InChI=1S/C18H17ClFN3O/c1-23-16-6-5-13(19)11-15(16)22-17(23)7-8-21-18(24)10-12-3-2-4-14(20)9-12/h2-6,9,11H,7-8,10H2,1H3,(H,21,24). The second-order valence-corrected chi connectivity index (χ2v) is 6.06. The minimum absolute atomic E-state index is 0.137. The summed E-state index contributed by atoms with van der Waals surface area (Å²) in [6.07, 6.45) is 0.771. The first-order chi connectivity index (χ1) is 11.5. The van der Waals surface area contributed by atoms with Crippen LogP contribution in [-0.4, -0.2) is 22.0 Å². The molecule has 0 aliphatic carbocycles.